The Morgan fingerprint density at radius 1 is 1.26 bits per heavy atom. The van der Waals surface area contributed by atoms with Crippen LogP contribution in [0.4, 0.5) is 5.69 Å². The Kier molecular flexibility index (Phi) is 4.66. The molecule has 0 bridgehead atoms. The maximum absolute atomic E-state index is 11.3. The molecule has 104 valence electrons. The van der Waals surface area contributed by atoms with E-state index in [-0.39, 0.29) is 24.9 Å². The minimum atomic E-state index is -0.0680. The molecule has 1 saturated heterocycles. The molecule has 19 heavy (non-hydrogen) atoms. The van der Waals surface area contributed by atoms with Gasteiger partial charge in [-0.1, -0.05) is 6.07 Å². The van der Waals surface area contributed by atoms with Crippen LogP contribution in [0.5, 0.6) is 5.75 Å². The van der Waals surface area contributed by atoms with Crippen LogP contribution in [0.3, 0.4) is 0 Å². The minimum absolute atomic E-state index is 0. The molecule has 0 atom stereocenters. The summed E-state index contributed by atoms with van der Waals surface area (Å²) in [6.45, 7) is 2.37. The van der Waals surface area contributed by atoms with Crippen molar-refractivity contribution in [2.45, 2.75) is 19.3 Å². The van der Waals surface area contributed by atoms with E-state index in [0.29, 0.717) is 0 Å². The summed E-state index contributed by atoms with van der Waals surface area (Å²) in [6, 6.07) is 6.12. The largest absolute Gasteiger partial charge is 0.482 e. The molecule has 2 aliphatic rings. The highest BCUT2D eigenvalue weighted by Crippen LogP contribution is 2.30. The average Bonchev–Trinajstić information content (AvgIpc) is 2.39. The number of carbonyl (C=O) groups is 1. The van der Waals surface area contributed by atoms with Crippen molar-refractivity contribution >= 4 is 24.0 Å². The van der Waals surface area contributed by atoms with Gasteiger partial charge in [0, 0.05) is 0 Å². The summed E-state index contributed by atoms with van der Waals surface area (Å²) in [5.41, 5.74) is 2.10. The molecule has 0 aromatic heterocycles. The highest BCUT2D eigenvalue weighted by atomic mass is 35.5. The fourth-order valence-electron chi connectivity index (χ4n) is 2.68. The third kappa shape index (κ3) is 3.39. The van der Waals surface area contributed by atoms with E-state index < -0.39 is 0 Å². The van der Waals surface area contributed by atoms with E-state index in [1.54, 1.807) is 0 Å². The zero-order chi connectivity index (χ0) is 12.4. The van der Waals surface area contributed by atoms with E-state index in [1.165, 1.54) is 18.4 Å². The molecular weight excluding hydrogens is 264 g/mol. The minimum Gasteiger partial charge on any atom is -0.482 e. The molecule has 0 saturated carbocycles. The van der Waals surface area contributed by atoms with Crippen LogP contribution in [-0.2, 0) is 11.2 Å². The van der Waals surface area contributed by atoms with Gasteiger partial charge in [-0.25, -0.2) is 0 Å². The summed E-state index contributed by atoms with van der Waals surface area (Å²) in [4.78, 5) is 11.3. The SMILES string of the molecule is Cl.O=C1COc2ccc(CC3CCNCC3)cc2N1. The lowest BCUT2D eigenvalue weighted by molar-refractivity contribution is -0.118. The molecular formula is C14H19ClN2O2. The van der Waals surface area contributed by atoms with E-state index in [0.717, 1.165) is 36.9 Å². The van der Waals surface area contributed by atoms with E-state index >= 15 is 0 Å². The lowest BCUT2D eigenvalue weighted by Gasteiger charge is -2.23. The van der Waals surface area contributed by atoms with Crippen LogP contribution >= 0.6 is 12.4 Å². The molecule has 0 aliphatic carbocycles. The quantitative estimate of drug-likeness (QED) is 0.872. The zero-order valence-electron chi connectivity index (χ0n) is 10.8. The Morgan fingerprint density at radius 2 is 2.05 bits per heavy atom. The van der Waals surface area contributed by atoms with Gasteiger partial charge in [0.1, 0.15) is 5.75 Å². The first-order valence-electron chi connectivity index (χ1n) is 6.57. The highest BCUT2D eigenvalue weighted by molar-refractivity contribution is 5.95. The van der Waals surface area contributed by atoms with Crippen molar-refractivity contribution < 1.29 is 9.53 Å². The molecule has 1 amide bonds. The van der Waals surface area contributed by atoms with Gasteiger partial charge in [0.15, 0.2) is 6.61 Å². The van der Waals surface area contributed by atoms with E-state index in [4.69, 9.17) is 4.74 Å². The molecule has 4 nitrogen and oxygen atoms in total. The second-order valence-corrected chi connectivity index (χ2v) is 5.06. The second kappa shape index (κ2) is 6.26. The van der Waals surface area contributed by atoms with Crippen LogP contribution in [0.1, 0.15) is 18.4 Å². The summed E-state index contributed by atoms with van der Waals surface area (Å²) in [7, 11) is 0. The van der Waals surface area contributed by atoms with Gasteiger partial charge < -0.3 is 15.4 Å². The first kappa shape index (κ1) is 14.2. The van der Waals surface area contributed by atoms with Gasteiger partial charge in [0.2, 0.25) is 0 Å². The van der Waals surface area contributed by atoms with Crippen molar-refractivity contribution in [2.75, 3.05) is 25.0 Å². The van der Waals surface area contributed by atoms with Crippen molar-refractivity contribution in [2.24, 2.45) is 5.92 Å². The van der Waals surface area contributed by atoms with E-state index in [9.17, 15) is 4.79 Å². The summed E-state index contributed by atoms with van der Waals surface area (Å²) < 4.78 is 5.36. The molecule has 1 aromatic carbocycles. The number of nitrogens with one attached hydrogen (secondary N) is 2. The van der Waals surface area contributed by atoms with Crippen molar-refractivity contribution in [3.63, 3.8) is 0 Å². The Balaban J connectivity index is 0.00000133. The van der Waals surface area contributed by atoms with Gasteiger partial charge in [0.05, 0.1) is 5.69 Å². The Hall–Kier alpha value is -1.26. The Bertz CT molecular complexity index is 459. The molecule has 0 spiro atoms. The number of anilines is 1. The molecule has 3 rings (SSSR count). The fourth-order valence-corrected chi connectivity index (χ4v) is 2.68. The van der Waals surface area contributed by atoms with Crippen molar-refractivity contribution in [1.29, 1.82) is 0 Å². The summed E-state index contributed by atoms with van der Waals surface area (Å²) in [5, 5.41) is 6.24. The number of hydrogen-bond donors (Lipinski definition) is 2. The summed E-state index contributed by atoms with van der Waals surface area (Å²) in [6.07, 6.45) is 3.56. The first-order valence-corrected chi connectivity index (χ1v) is 6.57. The maximum Gasteiger partial charge on any atom is 0.262 e. The third-order valence-electron chi connectivity index (χ3n) is 3.66. The normalized spacial score (nSPS) is 18.8. The van der Waals surface area contributed by atoms with Crippen LogP contribution in [0.2, 0.25) is 0 Å². The first-order chi connectivity index (χ1) is 8.81. The number of rotatable bonds is 2. The molecule has 1 aromatic rings. The number of fused-ring (bicyclic) bond motifs is 1. The van der Waals surface area contributed by atoms with Gasteiger partial charge in [-0.2, -0.15) is 0 Å². The van der Waals surface area contributed by atoms with Crippen LogP contribution < -0.4 is 15.4 Å². The molecule has 0 radical (unpaired) electrons. The van der Waals surface area contributed by atoms with Gasteiger partial charge in [-0.15, -0.1) is 12.4 Å². The highest BCUT2D eigenvalue weighted by Gasteiger charge is 2.18. The number of piperidine rings is 1. The molecule has 1 fully saturated rings. The van der Waals surface area contributed by atoms with Crippen molar-refractivity contribution in [1.82, 2.24) is 5.32 Å². The van der Waals surface area contributed by atoms with E-state index in [1.807, 2.05) is 6.07 Å². The zero-order valence-corrected chi connectivity index (χ0v) is 11.6. The Morgan fingerprint density at radius 3 is 2.84 bits per heavy atom. The van der Waals surface area contributed by atoms with Gasteiger partial charge >= 0.3 is 0 Å². The maximum atomic E-state index is 11.3. The summed E-state index contributed by atoms with van der Waals surface area (Å²) >= 11 is 0. The van der Waals surface area contributed by atoms with E-state index in [2.05, 4.69) is 22.8 Å². The lowest BCUT2D eigenvalue weighted by atomic mass is 9.91. The van der Waals surface area contributed by atoms with Crippen LogP contribution in [-0.4, -0.2) is 25.6 Å². The van der Waals surface area contributed by atoms with Crippen LogP contribution in [0.25, 0.3) is 0 Å². The predicted octanol–water partition coefficient (Wildman–Crippen LogP) is 1.98. The Labute approximate surface area is 119 Å². The number of benzene rings is 1. The topological polar surface area (TPSA) is 50.4 Å². The van der Waals surface area contributed by atoms with Gasteiger partial charge in [-0.3, -0.25) is 4.79 Å². The number of amides is 1. The molecule has 0 unspecified atom stereocenters. The number of hydrogen-bond acceptors (Lipinski definition) is 3. The second-order valence-electron chi connectivity index (χ2n) is 5.06. The number of ether oxygens (including phenoxy) is 1. The molecule has 2 N–H and O–H groups in total. The van der Waals surface area contributed by atoms with Crippen molar-refractivity contribution in [3.8, 4) is 5.75 Å². The van der Waals surface area contributed by atoms with Crippen molar-refractivity contribution in [3.05, 3.63) is 23.8 Å². The monoisotopic (exact) mass is 282 g/mol. The predicted molar refractivity (Wildman–Crippen MR) is 77.1 cm³/mol. The standard InChI is InChI=1S/C14H18N2O2.ClH/c17-14-9-18-13-2-1-11(8-12(13)16-14)7-10-3-5-15-6-4-10;/h1-2,8,10,15H,3-7,9H2,(H,16,17);1H. The third-order valence-corrected chi connectivity index (χ3v) is 3.66. The van der Waals surface area contributed by atoms with Crippen LogP contribution in [0, 0.1) is 5.92 Å². The summed E-state index contributed by atoms with van der Waals surface area (Å²) in [5.74, 6) is 1.47. The van der Waals surface area contributed by atoms with Gasteiger partial charge in [0.25, 0.3) is 5.91 Å². The lowest BCUT2D eigenvalue weighted by Crippen LogP contribution is -2.29. The number of carbonyl (C=O) groups excluding carboxylic acids is 1. The van der Waals surface area contributed by atoms with Gasteiger partial charge in [-0.05, 0) is 56.0 Å². The number of halogens is 1. The fraction of sp³-hybridized carbons (Fsp3) is 0.500. The molecule has 2 aliphatic heterocycles. The molecule has 5 heteroatoms. The smallest absolute Gasteiger partial charge is 0.262 e. The molecule has 2 heterocycles. The average molecular weight is 283 g/mol. The van der Waals surface area contributed by atoms with Crippen LogP contribution in [0.15, 0.2) is 18.2 Å².